The van der Waals surface area contributed by atoms with Gasteiger partial charge in [-0.3, -0.25) is 24.6 Å². The molecule has 1 aliphatic rings. The Kier molecular flexibility index (Phi) is 6.51. The van der Waals surface area contributed by atoms with Gasteiger partial charge in [-0.15, -0.1) is 0 Å². The molecule has 1 aromatic rings. The van der Waals surface area contributed by atoms with Crippen LogP contribution in [0.25, 0.3) is 0 Å². The van der Waals surface area contributed by atoms with Gasteiger partial charge in [0.2, 0.25) is 5.91 Å². The van der Waals surface area contributed by atoms with Gasteiger partial charge in [-0.05, 0) is 18.6 Å². The van der Waals surface area contributed by atoms with E-state index in [1.807, 2.05) is 4.90 Å². The molecule has 26 heavy (non-hydrogen) atoms. The van der Waals surface area contributed by atoms with Gasteiger partial charge in [0.05, 0.1) is 11.5 Å². The zero-order valence-electron chi connectivity index (χ0n) is 15.4. The summed E-state index contributed by atoms with van der Waals surface area (Å²) in [5, 5.41) is 13.9. The van der Waals surface area contributed by atoms with Crippen molar-refractivity contribution in [2.75, 3.05) is 59.2 Å². The fourth-order valence-corrected chi connectivity index (χ4v) is 2.87. The monoisotopic (exact) mass is 363 g/mol. The van der Waals surface area contributed by atoms with Crippen molar-refractivity contribution >= 4 is 23.2 Å². The highest BCUT2D eigenvalue weighted by atomic mass is 16.6. The van der Waals surface area contributed by atoms with E-state index in [2.05, 4.69) is 5.32 Å². The van der Waals surface area contributed by atoms with E-state index in [4.69, 9.17) is 0 Å². The van der Waals surface area contributed by atoms with Crippen LogP contribution in [0.4, 0.5) is 11.4 Å². The molecule has 0 aliphatic carbocycles. The number of nitro groups is 1. The normalized spacial score (nSPS) is 15.3. The molecule has 0 atom stereocenters. The largest absolute Gasteiger partial charge is 0.383 e. The first-order valence-corrected chi connectivity index (χ1v) is 8.51. The molecule has 142 valence electrons. The number of nitro benzene ring substituents is 1. The Balaban J connectivity index is 2.07. The maximum atomic E-state index is 12.8. The zero-order chi connectivity index (χ0) is 19.3. The molecule has 1 aromatic carbocycles. The number of rotatable bonds is 5. The van der Waals surface area contributed by atoms with Crippen molar-refractivity contribution in [1.29, 1.82) is 0 Å². The molecule has 1 saturated heterocycles. The second-order valence-electron chi connectivity index (χ2n) is 6.45. The highest BCUT2D eigenvalue weighted by Crippen LogP contribution is 2.25. The average molecular weight is 363 g/mol. The summed E-state index contributed by atoms with van der Waals surface area (Å²) in [6.07, 6.45) is 0.753. The molecular formula is C17H25N5O4. The number of hydrogen-bond acceptors (Lipinski definition) is 6. The first-order chi connectivity index (χ1) is 12.3. The average Bonchev–Trinajstić information content (AvgIpc) is 2.85. The van der Waals surface area contributed by atoms with Crippen LogP contribution in [0.15, 0.2) is 18.2 Å². The number of carbonyl (C=O) groups excluding carboxylic acids is 2. The molecule has 9 nitrogen and oxygen atoms in total. The number of amides is 2. The topological polar surface area (TPSA) is 99.0 Å². The number of hydrogen-bond donors (Lipinski definition) is 1. The fraction of sp³-hybridized carbons (Fsp3) is 0.529. The number of carbonyl (C=O) groups is 2. The van der Waals surface area contributed by atoms with Crippen LogP contribution in [0.3, 0.4) is 0 Å². The summed E-state index contributed by atoms with van der Waals surface area (Å²) in [7, 11) is 5.04. The predicted molar refractivity (Wildman–Crippen MR) is 98.3 cm³/mol. The van der Waals surface area contributed by atoms with Crippen molar-refractivity contribution < 1.29 is 14.5 Å². The summed E-state index contributed by atoms with van der Waals surface area (Å²) in [6.45, 7) is 2.72. The van der Waals surface area contributed by atoms with Crippen LogP contribution in [-0.4, -0.2) is 85.3 Å². The molecule has 1 N–H and O–H groups in total. The molecule has 1 fully saturated rings. The van der Waals surface area contributed by atoms with Gasteiger partial charge in [0.1, 0.15) is 5.69 Å². The summed E-state index contributed by atoms with van der Waals surface area (Å²) >= 11 is 0. The van der Waals surface area contributed by atoms with E-state index < -0.39 is 4.92 Å². The number of benzene rings is 1. The molecule has 1 heterocycles. The van der Waals surface area contributed by atoms with Crippen molar-refractivity contribution in [3.05, 3.63) is 33.9 Å². The first kappa shape index (κ1) is 19.6. The number of likely N-dealkylation sites (N-methyl/N-ethyl adjacent to an activating group) is 1. The highest BCUT2D eigenvalue weighted by molar-refractivity contribution is 5.95. The van der Waals surface area contributed by atoms with Crippen molar-refractivity contribution in [3.63, 3.8) is 0 Å². The molecular weight excluding hydrogens is 338 g/mol. The SMILES string of the molecule is CNc1ccc(C(=O)N2CCCN(CC(=O)N(C)C)CC2)cc1[N+](=O)[O-]. The van der Waals surface area contributed by atoms with E-state index in [0.29, 0.717) is 37.4 Å². The minimum absolute atomic E-state index is 0.0306. The lowest BCUT2D eigenvalue weighted by molar-refractivity contribution is -0.384. The Hall–Kier alpha value is -2.68. The predicted octanol–water partition coefficient (Wildman–Crippen LogP) is 0.873. The van der Waals surface area contributed by atoms with E-state index >= 15 is 0 Å². The van der Waals surface area contributed by atoms with E-state index in [9.17, 15) is 19.7 Å². The van der Waals surface area contributed by atoms with Crippen LogP contribution in [0, 0.1) is 10.1 Å². The van der Waals surface area contributed by atoms with E-state index in [1.165, 1.54) is 6.07 Å². The number of nitrogens with one attached hydrogen (secondary N) is 1. The molecule has 2 rings (SSSR count). The van der Waals surface area contributed by atoms with Crippen LogP contribution in [0.5, 0.6) is 0 Å². The Bertz CT molecular complexity index is 692. The van der Waals surface area contributed by atoms with Gasteiger partial charge >= 0.3 is 0 Å². The maximum absolute atomic E-state index is 12.8. The third-order valence-corrected chi connectivity index (χ3v) is 4.44. The van der Waals surface area contributed by atoms with Crippen LogP contribution in [0.2, 0.25) is 0 Å². The Morgan fingerprint density at radius 2 is 1.96 bits per heavy atom. The smallest absolute Gasteiger partial charge is 0.293 e. The third kappa shape index (κ3) is 4.69. The van der Waals surface area contributed by atoms with E-state index in [1.54, 1.807) is 43.1 Å². The van der Waals surface area contributed by atoms with Crippen molar-refractivity contribution in [2.24, 2.45) is 0 Å². The van der Waals surface area contributed by atoms with Gasteiger partial charge in [0, 0.05) is 59.0 Å². The molecule has 9 heteroatoms. The van der Waals surface area contributed by atoms with Crippen LogP contribution < -0.4 is 5.32 Å². The van der Waals surface area contributed by atoms with Crippen molar-refractivity contribution in [3.8, 4) is 0 Å². The van der Waals surface area contributed by atoms with Crippen LogP contribution >= 0.6 is 0 Å². The molecule has 0 saturated carbocycles. The Labute approximate surface area is 152 Å². The van der Waals surface area contributed by atoms with Crippen LogP contribution in [0.1, 0.15) is 16.8 Å². The standard InChI is InChI=1S/C17H25N5O4/c1-18-14-6-5-13(11-15(14)22(25)26)17(24)21-8-4-7-20(9-10-21)12-16(23)19(2)3/h5-6,11,18H,4,7-10,12H2,1-3H3. The number of nitrogens with zero attached hydrogens (tertiary/aromatic N) is 4. The maximum Gasteiger partial charge on any atom is 0.293 e. The number of anilines is 1. The fourth-order valence-electron chi connectivity index (χ4n) is 2.87. The molecule has 0 spiro atoms. The molecule has 0 unspecified atom stereocenters. The minimum atomic E-state index is -0.500. The molecule has 0 radical (unpaired) electrons. The molecule has 2 amide bonds. The van der Waals surface area contributed by atoms with E-state index in [-0.39, 0.29) is 17.5 Å². The summed E-state index contributed by atoms with van der Waals surface area (Å²) in [5.74, 6) is -0.195. The summed E-state index contributed by atoms with van der Waals surface area (Å²) in [5.41, 5.74) is 0.552. The quantitative estimate of drug-likeness (QED) is 0.616. The summed E-state index contributed by atoms with van der Waals surface area (Å²) in [6, 6.07) is 4.46. The first-order valence-electron chi connectivity index (χ1n) is 8.51. The lowest BCUT2D eigenvalue weighted by Gasteiger charge is -2.23. The Morgan fingerprint density at radius 1 is 1.23 bits per heavy atom. The van der Waals surface area contributed by atoms with E-state index in [0.717, 1.165) is 13.0 Å². The lowest BCUT2D eigenvalue weighted by atomic mass is 10.1. The van der Waals surface area contributed by atoms with Gasteiger partial charge in [-0.25, -0.2) is 0 Å². The van der Waals surface area contributed by atoms with Gasteiger partial charge in [-0.2, -0.15) is 0 Å². The van der Waals surface area contributed by atoms with Crippen molar-refractivity contribution in [1.82, 2.24) is 14.7 Å². The summed E-state index contributed by atoms with van der Waals surface area (Å²) < 4.78 is 0. The minimum Gasteiger partial charge on any atom is -0.383 e. The lowest BCUT2D eigenvalue weighted by Crippen LogP contribution is -2.39. The summed E-state index contributed by atoms with van der Waals surface area (Å²) in [4.78, 5) is 40.6. The Morgan fingerprint density at radius 3 is 2.58 bits per heavy atom. The van der Waals surface area contributed by atoms with Gasteiger partial charge in [-0.1, -0.05) is 0 Å². The van der Waals surface area contributed by atoms with Gasteiger partial charge in [0.25, 0.3) is 11.6 Å². The zero-order valence-corrected chi connectivity index (χ0v) is 15.4. The van der Waals surface area contributed by atoms with Gasteiger partial charge in [0.15, 0.2) is 0 Å². The van der Waals surface area contributed by atoms with Crippen molar-refractivity contribution in [2.45, 2.75) is 6.42 Å². The third-order valence-electron chi connectivity index (χ3n) is 4.44. The second-order valence-corrected chi connectivity index (χ2v) is 6.45. The van der Waals surface area contributed by atoms with Gasteiger partial charge < -0.3 is 15.1 Å². The molecule has 0 bridgehead atoms. The second kappa shape index (κ2) is 8.61. The molecule has 1 aliphatic heterocycles. The molecule has 0 aromatic heterocycles. The highest BCUT2D eigenvalue weighted by Gasteiger charge is 2.24. The van der Waals surface area contributed by atoms with Crippen LogP contribution in [-0.2, 0) is 4.79 Å².